The third-order valence-electron chi connectivity index (χ3n) is 3.01. The second kappa shape index (κ2) is 4.51. The molecule has 0 bridgehead atoms. The molecule has 0 amide bonds. The number of hydrogen-bond donors (Lipinski definition) is 1. The average Bonchev–Trinajstić information content (AvgIpc) is 3.00. The number of benzene rings is 1. The molecular weight excluding hydrogens is 236 g/mol. The van der Waals surface area contributed by atoms with Crippen molar-refractivity contribution in [3.8, 4) is 11.5 Å². The largest absolute Gasteiger partial charge is 0.444 e. The van der Waals surface area contributed by atoms with Gasteiger partial charge < -0.3 is 9.73 Å². The molecule has 0 saturated carbocycles. The second-order valence-electron chi connectivity index (χ2n) is 4.24. The van der Waals surface area contributed by atoms with Crippen molar-refractivity contribution in [3.63, 3.8) is 0 Å². The molecule has 0 spiro atoms. The second-order valence-corrected chi connectivity index (χ2v) is 4.67. The third kappa shape index (κ3) is 2.21. The first-order valence-corrected chi connectivity index (χ1v) is 6.15. The van der Waals surface area contributed by atoms with Gasteiger partial charge in [-0.25, -0.2) is 4.98 Å². The standard InChI is InChI=1S/C13H13ClN2O/c14-10-4-1-3-9(7-10)13-16-12(8-17-13)11-5-2-6-15-11/h1,3-4,7-8,11,15H,2,5-6H2. The van der Waals surface area contributed by atoms with Gasteiger partial charge in [0, 0.05) is 10.6 Å². The lowest BCUT2D eigenvalue weighted by molar-refractivity contribution is 0.563. The molecule has 0 aliphatic carbocycles. The van der Waals surface area contributed by atoms with Gasteiger partial charge >= 0.3 is 0 Å². The summed E-state index contributed by atoms with van der Waals surface area (Å²) in [6.45, 7) is 1.06. The van der Waals surface area contributed by atoms with Gasteiger partial charge in [0.15, 0.2) is 0 Å². The average molecular weight is 249 g/mol. The van der Waals surface area contributed by atoms with Crippen LogP contribution in [-0.4, -0.2) is 11.5 Å². The summed E-state index contributed by atoms with van der Waals surface area (Å²) in [6, 6.07) is 7.89. The van der Waals surface area contributed by atoms with E-state index in [0.717, 1.165) is 24.2 Å². The molecular formula is C13H13ClN2O. The number of oxazole rings is 1. The maximum Gasteiger partial charge on any atom is 0.226 e. The molecule has 1 N–H and O–H groups in total. The van der Waals surface area contributed by atoms with Gasteiger partial charge in [-0.1, -0.05) is 17.7 Å². The van der Waals surface area contributed by atoms with E-state index in [1.165, 1.54) is 6.42 Å². The van der Waals surface area contributed by atoms with Crippen LogP contribution in [0.15, 0.2) is 34.9 Å². The van der Waals surface area contributed by atoms with Gasteiger partial charge in [0.2, 0.25) is 5.89 Å². The lowest BCUT2D eigenvalue weighted by Gasteiger charge is -2.03. The smallest absolute Gasteiger partial charge is 0.226 e. The lowest BCUT2D eigenvalue weighted by atomic mass is 10.2. The molecule has 1 unspecified atom stereocenters. The quantitative estimate of drug-likeness (QED) is 0.885. The van der Waals surface area contributed by atoms with Gasteiger partial charge in [0.25, 0.3) is 0 Å². The van der Waals surface area contributed by atoms with Gasteiger partial charge in [-0.2, -0.15) is 0 Å². The fourth-order valence-electron chi connectivity index (χ4n) is 2.14. The normalized spacial score (nSPS) is 19.7. The number of nitrogens with zero attached hydrogens (tertiary/aromatic N) is 1. The molecule has 1 aliphatic rings. The van der Waals surface area contributed by atoms with Crippen LogP contribution in [0, 0.1) is 0 Å². The SMILES string of the molecule is Clc1cccc(-c2nc(C3CCCN3)co2)c1. The van der Waals surface area contributed by atoms with E-state index in [-0.39, 0.29) is 0 Å². The van der Waals surface area contributed by atoms with E-state index in [9.17, 15) is 0 Å². The highest BCUT2D eigenvalue weighted by molar-refractivity contribution is 6.30. The van der Waals surface area contributed by atoms with Crippen LogP contribution in [-0.2, 0) is 0 Å². The van der Waals surface area contributed by atoms with E-state index in [1.807, 2.05) is 24.3 Å². The maximum atomic E-state index is 5.95. The fraction of sp³-hybridized carbons (Fsp3) is 0.308. The molecule has 1 aromatic heterocycles. The molecule has 2 aromatic rings. The van der Waals surface area contributed by atoms with E-state index in [1.54, 1.807) is 6.26 Å². The number of nitrogens with one attached hydrogen (secondary N) is 1. The minimum absolute atomic E-state index is 0.340. The molecule has 2 heterocycles. The van der Waals surface area contributed by atoms with Crippen LogP contribution < -0.4 is 5.32 Å². The van der Waals surface area contributed by atoms with Crippen molar-refractivity contribution in [2.24, 2.45) is 0 Å². The molecule has 3 rings (SSSR count). The van der Waals surface area contributed by atoms with Gasteiger partial charge in [-0.05, 0) is 37.6 Å². The van der Waals surface area contributed by atoms with Crippen molar-refractivity contribution in [1.82, 2.24) is 10.3 Å². The zero-order valence-electron chi connectivity index (χ0n) is 9.32. The third-order valence-corrected chi connectivity index (χ3v) is 3.25. The van der Waals surface area contributed by atoms with Gasteiger partial charge in [0.05, 0.1) is 11.7 Å². The minimum atomic E-state index is 0.340. The first-order chi connectivity index (χ1) is 8.33. The topological polar surface area (TPSA) is 38.1 Å². The predicted molar refractivity (Wildman–Crippen MR) is 66.9 cm³/mol. The number of aromatic nitrogens is 1. The molecule has 1 saturated heterocycles. The summed E-state index contributed by atoms with van der Waals surface area (Å²) in [4.78, 5) is 4.52. The van der Waals surface area contributed by atoms with Crippen LogP contribution in [0.1, 0.15) is 24.6 Å². The molecule has 1 fully saturated rings. The summed E-state index contributed by atoms with van der Waals surface area (Å²) >= 11 is 5.95. The molecule has 1 atom stereocenters. The van der Waals surface area contributed by atoms with Crippen LogP contribution in [0.4, 0.5) is 0 Å². The molecule has 1 aliphatic heterocycles. The fourth-order valence-corrected chi connectivity index (χ4v) is 2.33. The van der Waals surface area contributed by atoms with Crippen molar-refractivity contribution in [2.75, 3.05) is 6.54 Å². The van der Waals surface area contributed by atoms with Gasteiger partial charge in [-0.3, -0.25) is 0 Å². The van der Waals surface area contributed by atoms with Crippen LogP contribution in [0.2, 0.25) is 5.02 Å². The highest BCUT2D eigenvalue weighted by Gasteiger charge is 2.20. The van der Waals surface area contributed by atoms with Crippen molar-refractivity contribution < 1.29 is 4.42 Å². The van der Waals surface area contributed by atoms with Crippen LogP contribution in [0.5, 0.6) is 0 Å². The highest BCUT2D eigenvalue weighted by Crippen LogP contribution is 2.27. The maximum absolute atomic E-state index is 5.95. The Kier molecular flexibility index (Phi) is 2.87. The summed E-state index contributed by atoms with van der Waals surface area (Å²) < 4.78 is 5.51. The Labute approximate surface area is 105 Å². The Bertz CT molecular complexity index is 518. The summed E-state index contributed by atoms with van der Waals surface area (Å²) in [6.07, 6.45) is 4.06. The van der Waals surface area contributed by atoms with Crippen molar-refractivity contribution in [2.45, 2.75) is 18.9 Å². The number of halogens is 1. The van der Waals surface area contributed by atoms with Crippen LogP contribution in [0.3, 0.4) is 0 Å². The minimum Gasteiger partial charge on any atom is -0.444 e. The predicted octanol–water partition coefficient (Wildman–Crippen LogP) is 3.42. The molecule has 1 aromatic carbocycles. The summed E-state index contributed by atoms with van der Waals surface area (Å²) in [5.41, 5.74) is 1.90. The van der Waals surface area contributed by atoms with E-state index >= 15 is 0 Å². The molecule has 4 heteroatoms. The van der Waals surface area contributed by atoms with Crippen molar-refractivity contribution in [3.05, 3.63) is 41.2 Å². The van der Waals surface area contributed by atoms with Crippen LogP contribution >= 0.6 is 11.6 Å². The van der Waals surface area contributed by atoms with Crippen molar-refractivity contribution >= 4 is 11.6 Å². The van der Waals surface area contributed by atoms with E-state index in [4.69, 9.17) is 16.0 Å². The van der Waals surface area contributed by atoms with Gasteiger partial charge in [0.1, 0.15) is 6.26 Å². The highest BCUT2D eigenvalue weighted by atomic mass is 35.5. The molecule has 88 valence electrons. The van der Waals surface area contributed by atoms with Gasteiger partial charge in [-0.15, -0.1) is 0 Å². The van der Waals surface area contributed by atoms with Crippen LogP contribution in [0.25, 0.3) is 11.5 Å². The van der Waals surface area contributed by atoms with E-state index in [0.29, 0.717) is 17.0 Å². The lowest BCUT2D eigenvalue weighted by Crippen LogP contribution is -2.12. The summed E-state index contributed by atoms with van der Waals surface area (Å²) in [7, 11) is 0. The first kappa shape index (κ1) is 10.8. The molecule has 3 nitrogen and oxygen atoms in total. The Morgan fingerprint density at radius 3 is 3.12 bits per heavy atom. The Morgan fingerprint density at radius 2 is 2.35 bits per heavy atom. The first-order valence-electron chi connectivity index (χ1n) is 5.78. The molecule has 0 radical (unpaired) electrons. The monoisotopic (exact) mass is 248 g/mol. The number of rotatable bonds is 2. The summed E-state index contributed by atoms with van der Waals surface area (Å²) in [5.74, 6) is 0.635. The Hall–Kier alpha value is -1.32. The Morgan fingerprint density at radius 1 is 1.41 bits per heavy atom. The number of hydrogen-bond acceptors (Lipinski definition) is 3. The van der Waals surface area contributed by atoms with E-state index < -0.39 is 0 Å². The molecule has 17 heavy (non-hydrogen) atoms. The van der Waals surface area contributed by atoms with E-state index in [2.05, 4.69) is 10.3 Å². The zero-order chi connectivity index (χ0) is 11.7. The zero-order valence-corrected chi connectivity index (χ0v) is 10.1. The Balaban J connectivity index is 1.89. The van der Waals surface area contributed by atoms with Crippen molar-refractivity contribution in [1.29, 1.82) is 0 Å². The summed E-state index contributed by atoms with van der Waals surface area (Å²) in [5, 5.41) is 4.10.